The van der Waals surface area contributed by atoms with Crippen LogP contribution in [-0.2, 0) is 13.2 Å². The van der Waals surface area contributed by atoms with Crippen LogP contribution in [-0.4, -0.2) is 14.9 Å². The van der Waals surface area contributed by atoms with Gasteiger partial charge in [-0.2, -0.15) is 5.10 Å². The molecule has 2 atom stereocenters. The average molecular weight is 304 g/mol. The molecule has 3 nitrogen and oxygen atoms in total. The summed E-state index contributed by atoms with van der Waals surface area (Å²) in [6.45, 7) is 0.786. The highest BCUT2D eigenvalue weighted by atomic mass is 16.3. The van der Waals surface area contributed by atoms with E-state index in [2.05, 4.69) is 59.7 Å². The van der Waals surface area contributed by atoms with E-state index in [4.69, 9.17) is 5.11 Å². The van der Waals surface area contributed by atoms with Crippen molar-refractivity contribution in [2.24, 2.45) is 0 Å². The van der Waals surface area contributed by atoms with Crippen molar-refractivity contribution >= 4 is 0 Å². The molecule has 1 fully saturated rings. The zero-order valence-corrected chi connectivity index (χ0v) is 13.0. The summed E-state index contributed by atoms with van der Waals surface area (Å²) in [5.74, 6) is 1.34. The van der Waals surface area contributed by atoms with E-state index in [0.29, 0.717) is 11.8 Å². The fourth-order valence-corrected chi connectivity index (χ4v) is 3.26. The van der Waals surface area contributed by atoms with Crippen molar-refractivity contribution in [1.29, 1.82) is 0 Å². The van der Waals surface area contributed by atoms with Gasteiger partial charge < -0.3 is 5.11 Å². The molecule has 0 saturated heterocycles. The number of rotatable bonds is 5. The maximum Gasteiger partial charge on any atom is 0.0712 e. The van der Waals surface area contributed by atoms with Crippen LogP contribution in [0, 0.1) is 0 Å². The Hall–Kier alpha value is -2.39. The molecule has 1 aromatic heterocycles. The van der Waals surface area contributed by atoms with Crippen LogP contribution in [0.1, 0.15) is 40.5 Å². The van der Waals surface area contributed by atoms with Crippen LogP contribution in [0.25, 0.3) is 0 Å². The molecule has 23 heavy (non-hydrogen) atoms. The van der Waals surface area contributed by atoms with Gasteiger partial charge in [0.15, 0.2) is 0 Å². The second-order valence-electron chi connectivity index (χ2n) is 6.31. The zero-order valence-electron chi connectivity index (χ0n) is 13.0. The fraction of sp³-hybridized carbons (Fsp3) is 0.250. The van der Waals surface area contributed by atoms with Gasteiger partial charge in [0.25, 0.3) is 0 Å². The Morgan fingerprint density at radius 2 is 1.61 bits per heavy atom. The Morgan fingerprint density at radius 1 is 0.913 bits per heavy atom. The maximum atomic E-state index is 9.09. The van der Waals surface area contributed by atoms with Crippen LogP contribution < -0.4 is 0 Å². The average Bonchev–Trinajstić information content (AvgIpc) is 3.28. The molecule has 0 amide bonds. The summed E-state index contributed by atoms with van der Waals surface area (Å²) < 4.78 is 1.87. The highest BCUT2D eigenvalue weighted by Gasteiger charge is 2.39. The first kappa shape index (κ1) is 14.2. The molecule has 4 rings (SSSR count). The summed E-state index contributed by atoms with van der Waals surface area (Å²) in [6, 6.07) is 19.7. The minimum absolute atomic E-state index is 0.0431. The van der Waals surface area contributed by atoms with E-state index in [1.165, 1.54) is 23.1 Å². The molecule has 0 aliphatic heterocycles. The van der Waals surface area contributed by atoms with Crippen molar-refractivity contribution in [3.05, 3.63) is 89.2 Å². The Bertz CT molecular complexity index is 777. The van der Waals surface area contributed by atoms with E-state index in [-0.39, 0.29) is 6.61 Å². The molecule has 2 aromatic carbocycles. The minimum atomic E-state index is 0.0431. The van der Waals surface area contributed by atoms with Gasteiger partial charge in [-0.25, -0.2) is 0 Å². The molecule has 3 aromatic rings. The van der Waals surface area contributed by atoms with Crippen molar-refractivity contribution in [1.82, 2.24) is 9.78 Å². The minimum Gasteiger partial charge on any atom is -0.392 e. The Balaban J connectivity index is 1.43. The summed E-state index contributed by atoms with van der Waals surface area (Å²) in [6.07, 6.45) is 4.85. The third-order valence-electron chi connectivity index (χ3n) is 4.64. The molecule has 1 aliphatic rings. The van der Waals surface area contributed by atoms with E-state index in [0.717, 1.165) is 12.1 Å². The van der Waals surface area contributed by atoms with Crippen LogP contribution in [0.5, 0.6) is 0 Å². The fourth-order valence-electron chi connectivity index (χ4n) is 3.26. The van der Waals surface area contributed by atoms with Gasteiger partial charge in [0.1, 0.15) is 0 Å². The summed E-state index contributed by atoms with van der Waals surface area (Å²) in [4.78, 5) is 0. The predicted molar refractivity (Wildman–Crippen MR) is 90.2 cm³/mol. The SMILES string of the molecule is OCc1cnn(Cc2ccc([C@@H]3C[C@H]3c3ccccc3)cc2)c1. The molecular formula is C20H20N2O. The van der Waals surface area contributed by atoms with E-state index < -0.39 is 0 Å². The van der Waals surface area contributed by atoms with Gasteiger partial charge >= 0.3 is 0 Å². The van der Waals surface area contributed by atoms with Crippen LogP contribution >= 0.6 is 0 Å². The van der Waals surface area contributed by atoms with Gasteiger partial charge in [0.2, 0.25) is 0 Å². The molecule has 0 radical (unpaired) electrons. The number of benzene rings is 2. The van der Waals surface area contributed by atoms with Gasteiger partial charge in [-0.3, -0.25) is 4.68 Å². The molecule has 116 valence electrons. The smallest absolute Gasteiger partial charge is 0.0712 e. The first-order valence-corrected chi connectivity index (χ1v) is 8.09. The van der Waals surface area contributed by atoms with Crippen molar-refractivity contribution in [2.45, 2.75) is 31.4 Å². The number of aliphatic hydroxyl groups is 1. The lowest BCUT2D eigenvalue weighted by molar-refractivity contribution is 0.281. The Kier molecular flexibility index (Phi) is 3.72. The van der Waals surface area contributed by atoms with Crippen molar-refractivity contribution < 1.29 is 5.11 Å². The summed E-state index contributed by atoms with van der Waals surface area (Å²) >= 11 is 0. The van der Waals surface area contributed by atoms with Crippen molar-refractivity contribution in [3.63, 3.8) is 0 Å². The van der Waals surface area contributed by atoms with Crippen LogP contribution in [0.2, 0.25) is 0 Å². The second kappa shape index (κ2) is 6.01. The number of hydrogen-bond acceptors (Lipinski definition) is 2. The third kappa shape index (κ3) is 3.06. The van der Waals surface area contributed by atoms with Crippen LogP contribution in [0.15, 0.2) is 67.0 Å². The van der Waals surface area contributed by atoms with Gasteiger partial charge in [-0.05, 0) is 34.9 Å². The number of aliphatic hydroxyl groups excluding tert-OH is 1. The van der Waals surface area contributed by atoms with E-state index >= 15 is 0 Å². The highest BCUT2D eigenvalue weighted by molar-refractivity contribution is 5.37. The van der Waals surface area contributed by atoms with Gasteiger partial charge in [0, 0.05) is 11.8 Å². The largest absolute Gasteiger partial charge is 0.392 e. The molecular weight excluding hydrogens is 284 g/mol. The predicted octanol–water partition coefficient (Wildman–Crippen LogP) is 3.69. The lowest BCUT2D eigenvalue weighted by Gasteiger charge is -2.05. The van der Waals surface area contributed by atoms with Crippen LogP contribution in [0.4, 0.5) is 0 Å². The summed E-state index contributed by atoms with van der Waals surface area (Å²) in [5, 5.41) is 13.3. The van der Waals surface area contributed by atoms with Gasteiger partial charge in [-0.1, -0.05) is 54.6 Å². The molecule has 0 bridgehead atoms. The monoisotopic (exact) mass is 304 g/mol. The zero-order chi connectivity index (χ0) is 15.6. The van der Waals surface area contributed by atoms with Crippen molar-refractivity contribution in [3.8, 4) is 0 Å². The first-order chi connectivity index (χ1) is 11.3. The maximum absolute atomic E-state index is 9.09. The van der Waals surface area contributed by atoms with E-state index in [1.54, 1.807) is 6.20 Å². The van der Waals surface area contributed by atoms with E-state index in [1.807, 2.05) is 10.9 Å². The molecule has 1 heterocycles. The number of nitrogens with zero attached hydrogens (tertiary/aromatic N) is 2. The van der Waals surface area contributed by atoms with Gasteiger partial charge in [0.05, 0.1) is 19.3 Å². The number of aromatic nitrogens is 2. The quantitative estimate of drug-likeness (QED) is 0.780. The molecule has 0 unspecified atom stereocenters. The summed E-state index contributed by atoms with van der Waals surface area (Å²) in [7, 11) is 0. The standard InChI is InChI=1S/C20H20N2O/c23-14-16-11-21-22(13-16)12-15-6-8-18(9-7-15)20-10-19(20)17-4-2-1-3-5-17/h1-9,11,13,19-20,23H,10,12,14H2/t19-,20-/m0/s1. The normalized spacial score (nSPS) is 19.7. The third-order valence-corrected chi connectivity index (χ3v) is 4.64. The second-order valence-corrected chi connectivity index (χ2v) is 6.31. The molecule has 3 heteroatoms. The summed E-state index contributed by atoms with van der Waals surface area (Å²) in [5.41, 5.74) is 4.97. The lowest BCUT2D eigenvalue weighted by atomic mass is 10.0. The van der Waals surface area contributed by atoms with Crippen molar-refractivity contribution in [2.75, 3.05) is 0 Å². The number of hydrogen-bond donors (Lipinski definition) is 1. The molecule has 0 spiro atoms. The van der Waals surface area contributed by atoms with Gasteiger partial charge in [-0.15, -0.1) is 0 Å². The molecule has 1 N–H and O–H groups in total. The Labute approximate surface area is 136 Å². The first-order valence-electron chi connectivity index (χ1n) is 8.09. The molecule has 1 aliphatic carbocycles. The molecule has 1 saturated carbocycles. The lowest BCUT2D eigenvalue weighted by Crippen LogP contribution is -2.00. The Morgan fingerprint density at radius 3 is 2.26 bits per heavy atom. The topological polar surface area (TPSA) is 38.1 Å². The van der Waals surface area contributed by atoms with E-state index in [9.17, 15) is 0 Å². The highest BCUT2D eigenvalue weighted by Crippen LogP contribution is 2.54. The van der Waals surface area contributed by atoms with Crippen LogP contribution in [0.3, 0.4) is 0 Å².